The summed E-state index contributed by atoms with van der Waals surface area (Å²) in [5.74, 6) is 0. The van der Waals surface area contributed by atoms with Crippen LogP contribution in [0.25, 0.3) is 22.2 Å². The van der Waals surface area contributed by atoms with Crippen molar-refractivity contribution in [3.63, 3.8) is 0 Å². The van der Waals surface area contributed by atoms with E-state index in [1.165, 1.54) is 38.1 Å². The molecule has 2 nitrogen and oxygen atoms in total. The molecule has 0 bridgehead atoms. The van der Waals surface area contributed by atoms with Crippen LogP contribution < -0.4 is 0 Å². The van der Waals surface area contributed by atoms with Crippen LogP contribution in [0.2, 0.25) is 0 Å². The quantitative estimate of drug-likeness (QED) is 0.389. The predicted molar refractivity (Wildman–Crippen MR) is 119 cm³/mol. The van der Waals surface area contributed by atoms with Gasteiger partial charge in [-0.3, -0.25) is 3.97 Å². The van der Waals surface area contributed by atoms with Crippen molar-refractivity contribution in [1.82, 2.24) is 8.96 Å². The van der Waals surface area contributed by atoms with Gasteiger partial charge in [-0.25, -0.2) is 4.98 Å². The number of rotatable bonds is 4. The third-order valence-electron chi connectivity index (χ3n) is 5.08. The molecule has 0 aliphatic heterocycles. The van der Waals surface area contributed by atoms with Crippen LogP contribution in [0.4, 0.5) is 0 Å². The van der Waals surface area contributed by atoms with Crippen LogP contribution in [0.5, 0.6) is 0 Å². The number of hydrogen-bond acceptors (Lipinski definition) is 2. The number of nitrogens with zero attached hydrogens (tertiary/aromatic N) is 2. The molecule has 0 amide bonds. The Kier molecular flexibility index (Phi) is 4.38. The molecule has 5 rings (SSSR count). The fourth-order valence-electron chi connectivity index (χ4n) is 3.61. The van der Waals surface area contributed by atoms with E-state index < -0.39 is 0 Å². The normalized spacial score (nSPS) is 13.6. The molecule has 0 fully saturated rings. The van der Waals surface area contributed by atoms with Crippen molar-refractivity contribution in [2.75, 3.05) is 0 Å². The van der Waals surface area contributed by atoms with Gasteiger partial charge in [0.1, 0.15) is 0 Å². The number of aryl methyl sites for hydroxylation is 1. The summed E-state index contributed by atoms with van der Waals surface area (Å²) in [4.78, 5) is 5.87. The number of allylic oxidation sites excluding steroid dienone is 4. The Bertz CT molecular complexity index is 1200. The van der Waals surface area contributed by atoms with Gasteiger partial charge in [0, 0.05) is 28.2 Å². The predicted octanol–water partition coefficient (Wildman–Crippen LogP) is 6.77. The molecule has 0 radical (unpaired) electrons. The van der Waals surface area contributed by atoms with Crippen LogP contribution in [-0.4, -0.2) is 8.96 Å². The molecule has 3 heteroatoms. The van der Waals surface area contributed by atoms with E-state index in [-0.39, 0.29) is 0 Å². The van der Waals surface area contributed by atoms with E-state index in [4.69, 9.17) is 0 Å². The van der Waals surface area contributed by atoms with Gasteiger partial charge in [-0.2, -0.15) is 0 Å². The van der Waals surface area contributed by atoms with Crippen LogP contribution in [-0.2, 0) is 0 Å². The Morgan fingerprint density at radius 2 is 1.75 bits per heavy atom. The summed E-state index contributed by atoms with van der Waals surface area (Å²) in [5, 5.41) is 1.20. The van der Waals surface area contributed by atoms with Crippen molar-refractivity contribution >= 4 is 34.1 Å². The Labute approximate surface area is 169 Å². The first-order valence-electron chi connectivity index (χ1n) is 9.45. The Morgan fingerprint density at radius 3 is 2.57 bits per heavy atom. The number of aromatic nitrogens is 2. The van der Waals surface area contributed by atoms with Gasteiger partial charge in [0.15, 0.2) is 5.65 Å². The van der Waals surface area contributed by atoms with Gasteiger partial charge in [0.25, 0.3) is 0 Å². The Balaban J connectivity index is 1.53. The summed E-state index contributed by atoms with van der Waals surface area (Å²) >= 11 is 1.71. The molecule has 1 aliphatic rings. The van der Waals surface area contributed by atoms with Crippen LogP contribution in [0, 0.1) is 6.92 Å². The molecule has 136 valence electrons. The van der Waals surface area contributed by atoms with Crippen LogP contribution in [0.1, 0.15) is 23.1 Å². The molecule has 2 heterocycles. The topological polar surface area (TPSA) is 17.8 Å². The zero-order chi connectivity index (χ0) is 18.9. The van der Waals surface area contributed by atoms with Crippen molar-refractivity contribution in [3.8, 4) is 0 Å². The smallest absolute Gasteiger partial charge is 0.150 e. The summed E-state index contributed by atoms with van der Waals surface area (Å²) in [5.41, 5.74) is 7.47. The third kappa shape index (κ3) is 3.19. The van der Waals surface area contributed by atoms with E-state index >= 15 is 0 Å². The highest BCUT2D eigenvalue weighted by Crippen LogP contribution is 2.37. The number of fused-ring (bicyclic) bond motifs is 1. The molecule has 4 aromatic rings. The van der Waals surface area contributed by atoms with E-state index in [2.05, 4.69) is 94.9 Å². The average molecular weight is 381 g/mol. The van der Waals surface area contributed by atoms with E-state index in [0.29, 0.717) is 0 Å². The zero-order valence-electron chi connectivity index (χ0n) is 15.7. The molecule has 2 aromatic heterocycles. The number of pyridine rings is 1. The summed E-state index contributed by atoms with van der Waals surface area (Å²) in [6, 6.07) is 23.4. The molecule has 28 heavy (non-hydrogen) atoms. The third-order valence-corrected chi connectivity index (χ3v) is 6.04. The molecular weight excluding hydrogens is 360 g/mol. The summed E-state index contributed by atoms with van der Waals surface area (Å²) < 4.78 is 2.19. The zero-order valence-corrected chi connectivity index (χ0v) is 16.5. The maximum Gasteiger partial charge on any atom is 0.150 e. The second-order valence-electron chi connectivity index (χ2n) is 7.05. The van der Waals surface area contributed by atoms with Gasteiger partial charge in [0.05, 0.1) is 0 Å². The van der Waals surface area contributed by atoms with Gasteiger partial charge in [-0.05, 0) is 66.3 Å². The van der Waals surface area contributed by atoms with Crippen molar-refractivity contribution in [2.24, 2.45) is 0 Å². The van der Waals surface area contributed by atoms with Crippen molar-refractivity contribution in [2.45, 2.75) is 18.2 Å². The largest absolute Gasteiger partial charge is 0.270 e. The molecule has 0 saturated heterocycles. The molecule has 0 saturated carbocycles. The average Bonchev–Trinajstić information content (AvgIpc) is 3.36. The molecule has 0 atom stereocenters. The van der Waals surface area contributed by atoms with Gasteiger partial charge >= 0.3 is 0 Å². The lowest BCUT2D eigenvalue weighted by molar-refractivity contribution is 1.24. The summed E-state index contributed by atoms with van der Waals surface area (Å²) in [7, 11) is 0. The van der Waals surface area contributed by atoms with Gasteiger partial charge in [0.2, 0.25) is 0 Å². The first kappa shape index (κ1) is 17.1. The minimum atomic E-state index is 0.952. The molecule has 0 spiro atoms. The minimum Gasteiger partial charge on any atom is -0.270 e. The van der Waals surface area contributed by atoms with E-state index in [1.54, 1.807) is 11.9 Å². The molecule has 1 aliphatic carbocycles. The van der Waals surface area contributed by atoms with Crippen LogP contribution in [0.3, 0.4) is 0 Å². The van der Waals surface area contributed by atoms with Gasteiger partial charge < -0.3 is 0 Å². The first-order chi connectivity index (χ1) is 13.8. The molecule has 2 aromatic carbocycles. The second kappa shape index (κ2) is 7.17. The Hall–Kier alpha value is -3.04. The maximum absolute atomic E-state index is 4.66. The molecular formula is C25H20N2S. The second-order valence-corrected chi connectivity index (χ2v) is 8.09. The Morgan fingerprint density at radius 1 is 0.929 bits per heavy atom. The fraction of sp³-hybridized carbons (Fsp3) is 0.0800. The van der Waals surface area contributed by atoms with E-state index in [1.807, 2.05) is 12.3 Å². The van der Waals surface area contributed by atoms with E-state index in [9.17, 15) is 0 Å². The van der Waals surface area contributed by atoms with E-state index in [0.717, 1.165) is 12.1 Å². The van der Waals surface area contributed by atoms with Crippen molar-refractivity contribution in [3.05, 3.63) is 108 Å². The SMILES string of the molecule is Cc1ccc(Sn2cc(C3=CC(c4ccccc4)=CC3)c3cccnc32)cc1. The lowest BCUT2D eigenvalue weighted by Crippen LogP contribution is -1.86. The highest BCUT2D eigenvalue weighted by atomic mass is 32.2. The standard InChI is InChI=1S/C25H20N2S/c1-18-9-13-22(14-10-18)28-27-17-24(23-8-5-15-26-25(23)27)21-12-11-20(16-21)19-6-3-2-4-7-19/h2-11,13-17H,12H2,1H3. The van der Waals surface area contributed by atoms with Crippen LogP contribution in [0.15, 0.2) is 96.2 Å². The maximum atomic E-state index is 4.66. The molecule has 0 N–H and O–H groups in total. The lowest BCUT2D eigenvalue weighted by atomic mass is 10.0. The fourth-order valence-corrected chi connectivity index (χ4v) is 4.49. The highest BCUT2D eigenvalue weighted by Gasteiger charge is 2.17. The van der Waals surface area contributed by atoms with Crippen molar-refractivity contribution < 1.29 is 0 Å². The molecule has 0 unspecified atom stereocenters. The highest BCUT2D eigenvalue weighted by molar-refractivity contribution is 7.98. The number of benzene rings is 2. The van der Waals surface area contributed by atoms with Crippen LogP contribution >= 0.6 is 11.9 Å². The summed E-state index contributed by atoms with van der Waals surface area (Å²) in [6.45, 7) is 2.11. The van der Waals surface area contributed by atoms with Gasteiger partial charge in [-0.1, -0.05) is 60.2 Å². The summed E-state index contributed by atoms with van der Waals surface area (Å²) in [6.07, 6.45) is 9.69. The minimum absolute atomic E-state index is 0.952. The lowest BCUT2D eigenvalue weighted by Gasteiger charge is -2.03. The van der Waals surface area contributed by atoms with Crippen molar-refractivity contribution in [1.29, 1.82) is 0 Å². The first-order valence-corrected chi connectivity index (χ1v) is 10.2. The monoisotopic (exact) mass is 380 g/mol. The van der Waals surface area contributed by atoms with Gasteiger partial charge in [-0.15, -0.1) is 0 Å². The number of hydrogen-bond donors (Lipinski definition) is 0.